The minimum absolute atomic E-state index is 0.153. The van der Waals surface area contributed by atoms with Crippen LogP contribution in [-0.2, 0) is 9.59 Å². The molecule has 1 aliphatic carbocycles. The van der Waals surface area contributed by atoms with Gasteiger partial charge in [-0.1, -0.05) is 13.3 Å². The molecule has 0 aromatic heterocycles. The summed E-state index contributed by atoms with van der Waals surface area (Å²) >= 11 is 0. The Morgan fingerprint density at radius 2 is 1.75 bits per heavy atom. The zero-order valence-electron chi connectivity index (χ0n) is 7.85. The first-order chi connectivity index (χ1) is 5.61. The van der Waals surface area contributed by atoms with Crippen molar-refractivity contribution in [1.82, 2.24) is 0 Å². The average Bonchev–Trinajstić information content (AvgIpc) is 2.02. The lowest BCUT2D eigenvalue weighted by Gasteiger charge is -2.29. The molecule has 0 unspecified atom stereocenters. The fraction of sp³-hybridized carbons (Fsp3) is 0.800. The zero-order chi connectivity index (χ0) is 9.19. The van der Waals surface area contributed by atoms with E-state index in [0.29, 0.717) is 12.8 Å². The third-order valence-electron chi connectivity index (χ3n) is 2.79. The van der Waals surface area contributed by atoms with Crippen molar-refractivity contribution in [3.8, 4) is 0 Å². The quantitative estimate of drug-likeness (QED) is 0.592. The van der Waals surface area contributed by atoms with Crippen molar-refractivity contribution in [1.29, 1.82) is 0 Å². The monoisotopic (exact) mass is 168 g/mol. The van der Waals surface area contributed by atoms with E-state index >= 15 is 0 Å². The van der Waals surface area contributed by atoms with E-state index in [-0.39, 0.29) is 11.6 Å². The van der Waals surface area contributed by atoms with Gasteiger partial charge in [0.2, 0.25) is 0 Å². The Balaban J connectivity index is 2.80. The van der Waals surface area contributed by atoms with E-state index in [9.17, 15) is 9.59 Å². The zero-order valence-corrected chi connectivity index (χ0v) is 7.85. The van der Waals surface area contributed by atoms with Crippen LogP contribution >= 0.6 is 0 Å². The molecule has 1 fully saturated rings. The highest BCUT2D eigenvalue weighted by atomic mass is 16.2. The third kappa shape index (κ3) is 1.43. The van der Waals surface area contributed by atoms with Crippen molar-refractivity contribution in [2.45, 2.75) is 46.0 Å². The van der Waals surface area contributed by atoms with E-state index in [1.807, 2.05) is 6.92 Å². The Bertz CT molecular complexity index is 190. The van der Waals surface area contributed by atoms with Crippen molar-refractivity contribution < 1.29 is 9.59 Å². The van der Waals surface area contributed by atoms with Crippen LogP contribution in [0.1, 0.15) is 46.0 Å². The number of ketones is 2. The van der Waals surface area contributed by atoms with Crippen molar-refractivity contribution >= 4 is 11.6 Å². The van der Waals surface area contributed by atoms with Gasteiger partial charge in [-0.3, -0.25) is 9.59 Å². The van der Waals surface area contributed by atoms with Crippen LogP contribution in [0.4, 0.5) is 0 Å². The third-order valence-corrected chi connectivity index (χ3v) is 2.79. The molecule has 1 saturated carbocycles. The number of carbonyl (C=O) groups is 2. The highest BCUT2D eigenvalue weighted by Crippen LogP contribution is 2.33. The van der Waals surface area contributed by atoms with Gasteiger partial charge >= 0.3 is 0 Å². The minimum Gasteiger partial charge on any atom is -0.299 e. The first-order valence-corrected chi connectivity index (χ1v) is 4.68. The normalized spacial score (nSPS) is 22.8. The second-order valence-electron chi connectivity index (χ2n) is 3.78. The van der Waals surface area contributed by atoms with Gasteiger partial charge in [0.05, 0.1) is 5.41 Å². The molecule has 0 N–H and O–H groups in total. The molecule has 0 saturated heterocycles. The predicted octanol–water partition coefficient (Wildman–Crippen LogP) is 2.11. The van der Waals surface area contributed by atoms with E-state index < -0.39 is 5.41 Å². The molecule has 0 spiro atoms. The summed E-state index contributed by atoms with van der Waals surface area (Å²) in [5, 5.41) is 0. The summed E-state index contributed by atoms with van der Waals surface area (Å²) in [7, 11) is 0. The van der Waals surface area contributed by atoms with E-state index in [4.69, 9.17) is 0 Å². The van der Waals surface area contributed by atoms with E-state index in [1.165, 1.54) is 0 Å². The summed E-state index contributed by atoms with van der Waals surface area (Å²) in [6.45, 7) is 3.82. The SMILES string of the molecule is CCCC1(C)C(=O)CCCC1=O. The number of hydrogen-bond donors (Lipinski definition) is 0. The molecule has 0 aromatic carbocycles. The first kappa shape index (κ1) is 9.43. The molecular formula is C10H16O2. The Kier molecular flexibility index (Phi) is 2.65. The van der Waals surface area contributed by atoms with Crippen molar-refractivity contribution in [3.05, 3.63) is 0 Å². The standard InChI is InChI=1S/C10H16O2/c1-3-7-10(2)8(11)5-4-6-9(10)12/h3-7H2,1-2H3. The van der Waals surface area contributed by atoms with Crippen LogP contribution < -0.4 is 0 Å². The fourth-order valence-corrected chi connectivity index (χ4v) is 1.90. The largest absolute Gasteiger partial charge is 0.299 e. The summed E-state index contributed by atoms with van der Waals surface area (Å²) < 4.78 is 0. The van der Waals surface area contributed by atoms with Crippen LogP contribution in [0.5, 0.6) is 0 Å². The highest BCUT2D eigenvalue weighted by molar-refractivity contribution is 6.08. The van der Waals surface area contributed by atoms with Gasteiger partial charge in [0.25, 0.3) is 0 Å². The summed E-state index contributed by atoms with van der Waals surface area (Å²) in [5.74, 6) is 0.307. The van der Waals surface area contributed by atoms with Crippen LogP contribution in [0.3, 0.4) is 0 Å². The van der Waals surface area contributed by atoms with Crippen LogP contribution in [0.2, 0.25) is 0 Å². The smallest absolute Gasteiger partial charge is 0.146 e. The average molecular weight is 168 g/mol. The molecule has 0 amide bonds. The molecule has 1 rings (SSSR count). The highest BCUT2D eigenvalue weighted by Gasteiger charge is 2.41. The Hall–Kier alpha value is -0.660. The van der Waals surface area contributed by atoms with Crippen LogP contribution in [-0.4, -0.2) is 11.6 Å². The van der Waals surface area contributed by atoms with E-state index in [2.05, 4.69) is 0 Å². The predicted molar refractivity (Wildman–Crippen MR) is 46.9 cm³/mol. The molecule has 68 valence electrons. The molecule has 12 heavy (non-hydrogen) atoms. The van der Waals surface area contributed by atoms with E-state index in [1.54, 1.807) is 6.92 Å². The topological polar surface area (TPSA) is 34.1 Å². The van der Waals surface area contributed by atoms with Gasteiger partial charge < -0.3 is 0 Å². The number of Topliss-reactive ketones (excluding diaryl/α,β-unsaturated/α-hetero) is 2. The van der Waals surface area contributed by atoms with Crippen LogP contribution in [0.15, 0.2) is 0 Å². The lowest BCUT2D eigenvalue weighted by atomic mass is 9.71. The fourth-order valence-electron chi connectivity index (χ4n) is 1.90. The van der Waals surface area contributed by atoms with Gasteiger partial charge in [0.1, 0.15) is 11.6 Å². The molecule has 0 bridgehead atoms. The number of rotatable bonds is 2. The van der Waals surface area contributed by atoms with Gasteiger partial charge in [0, 0.05) is 12.8 Å². The van der Waals surface area contributed by atoms with Crippen LogP contribution in [0.25, 0.3) is 0 Å². The van der Waals surface area contributed by atoms with Gasteiger partial charge in [0.15, 0.2) is 0 Å². The van der Waals surface area contributed by atoms with Crippen LogP contribution in [0, 0.1) is 5.41 Å². The maximum absolute atomic E-state index is 11.5. The molecule has 2 nitrogen and oxygen atoms in total. The molecule has 0 aromatic rings. The molecule has 0 aliphatic heterocycles. The van der Waals surface area contributed by atoms with Gasteiger partial charge in [-0.15, -0.1) is 0 Å². The number of carbonyl (C=O) groups excluding carboxylic acids is 2. The van der Waals surface area contributed by atoms with Gasteiger partial charge in [-0.05, 0) is 19.8 Å². The van der Waals surface area contributed by atoms with E-state index in [0.717, 1.165) is 19.3 Å². The first-order valence-electron chi connectivity index (χ1n) is 4.68. The van der Waals surface area contributed by atoms with Gasteiger partial charge in [-0.2, -0.15) is 0 Å². The van der Waals surface area contributed by atoms with Crippen molar-refractivity contribution in [2.75, 3.05) is 0 Å². The second kappa shape index (κ2) is 3.38. The Labute approximate surface area is 73.3 Å². The van der Waals surface area contributed by atoms with Gasteiger partial charge in [-0.25, -0.2) is 0 Å². The molecule has 1 aliphatic rings. The van der Waals surface area contributed by atoms with Crippen molar-refractivity contribution in [3.63, 3.8) is 0 Å². The maximum atomic E-state index is 11.5. The summed E-state index contributed by atoms with van der Waals surface area (Å²) in [6.07, 6.45) is 3.60. The molecule has 2 heteroatoms. The van der Waals surface area contributed by atoms with Crippen molar-refractivity contribution in [2.24, 2.45) is 5.41 Å². The molecule has 0 heterocycles. The lowest BCUT2D eigenvalue weighted by Crippen LogP contribution is -2.39. The Morgan fingerprint density at radius 1 is 1.25 bits per heavy atom. The minimum atomic E-state index is -0.632. The summed E-state index contributed by atoms with van der Waals surface area (Å²) in [6, 6.07) is 0. The lowest BCUT2D eigenvalue weighted by molar-refractivity contribution is -0.143. The summed E-state index contributed by atoms with van der Waals surface area (Å²) in [5.41, 5.74) is -0.632. The molecule has 0 radical (unpaired) electrons. The second-order valence-corrected chi connectivity index (χ2v) is 3.78. The summed E-state index contributed by atoms with van der Waals surface area (Å²) in [4.78, 5) is 23.0. The molecular weight excluding hydrogens is 152 g/mol. The molecule has 0 atom stereocenters. The number of hydrogen-bond acceptors (Lipinski definition) is 2. The Morgan fingerprint density at radius 3 is 2.17 bits per heavy atom. The maximum Gasteiger partial charge on any atom is 0.146 e.